The summed E-state index contributed by atoms with van der Waals surface area (Å²) in [6, 6.07) is 7.22. The fourth-order valence-corrected chi connectivity index (χ4v) is 1.84. The van der Waals surface area contributed by atoms with Gasteiger partial charge in [0.05, 0.1) is 5.75 Å². The van der Waals surface area contributed by atoms with Crippen molar-refractivity contribution in [2.24, 2.45) is 5.73 Å². The molecule has 3 N–H and O–H groups in total. The highest BCUT2D eigenvalue weighted by Crippen LogP contribution is 2.06. The minimum absolute atomic E-state index is 0. The summed E-state index contributed by atoms with van der Waals surface area (Å²) in [6.45, 7) is 0.471. The summed E-state index contributed by atoms with van der Waals surface area (Å²) in [7, 11) is -1.77. The Bertz CT molecular complexity index is 389. The Morgan fingerprint density at radius 3 is 2.07 bits per heavy atom. The first-order valence-corrected chi connectivity index (χ1v) is 5.92. The summed E-state index contributed by atoms with van der Waals surface area (Å²) in [6.07, 6.45) is 0. The molecule has 0 spiro atoms. The van der Waals surface area contributed by atoms with Gasteiger partial charge in [0.1, 0.15) is 0 Å². The number of rotatable bonds is 4. The Morgan fingerprint density at radius 1 is 1.20 bits per heavy atom. The van der Waals surface area contributed by atoms with Crippen molar-refractivity contribution in [1.29, 1.82) is 0 Å². The monoisotopic (exact) mass is 249 g/mol. The molecular weight excluding hydrogens is 236 g/mol. The molecule has 1 rings (SSSR count). The molecule has 6 heteroatoms. The van der Waals surface area contributed by atoms with Crippen LogP contribution in [-0.2, 0) is 22.3 Å². The molecule has 0 heterocycles. The molecule has 1 aromatic carbocycles. The van der Waals surface area contributed by atoms with Crippen LogP contribution in [0.2, 0.25) is 0 Å². The average Bonchev–Trinajstić information content (AvgIpc) is 2.19. The third-order valence-electron chi connectivity index (χ3n) is 1.93. The summed E-state index contributed by atoms with van der Waals surface area (Å²) in [5.74, 6) is 0.00829. The molecule has 0 saturated carbocycles. The van der Waals surface area contributed by atoms with Gasteiger partial charge in [0, 0.05) is 6.54 Å². The van der Waals surface area contributed by atoms with E-state index in [1.165, 1.54) is 7.05 Å². The third-order valence-corrected chi connectivity index (χ3v) is 3.26. The molecule has 0 aromatic heterocycles. The van der Waals surface area contributed by atoms with Crippen molar-refractivity contribution in [3.63, 3.8) is 0 Å². The maximum atomic E-state index is 11.2. The second-order valence-electron chi connectivity index (χ2n) is 2.98. The Hall–Kier alpha value is -0.620. The Kier molecular flexibility index (Phi) is 5.82. The van der Waals surface area contributed by atoms with Crippen molar-refractivity contribution in [2.45, 2.75) is 12.3 Å². The highest BCUT2D eigenvalue weighted by atomic mass is 35.5. The number of halogens is 1. The van der Waals surface area contributed by atoms with E-state index >= 15 is 0 Å². The highest BCUT2D eigenvalue weighted by Gasteiger charge is 2.07. The predicted octanol–water partition coefficient (Wildman–Crippen LogP) is -2.80. The summed E-state index contributed by atoms with van der Waals surface area (Å²) in [4.78, 5) is 0. The van der Waals surface area contributed by atoms with Gasteiger partial charge in [0.2, 0.25) is 10.0 Å². The fraction of sp³-hybridized carbons (Fsp3) is 0.333. The largest absolute Gasteiger partial charge is 1.00 e. The van der Waals surface area contributed by atoms with Crippen LogP contribution in [0, 0.1) is 0 Å². The molecule has 0 atom stereocenters. The number of benzene rings is 1. The molecule has 0 radical (unpaired) electrons. The number of hydrogen-bond donors (Lipinski definition) is 2. The predicted molar refractivity (Wildman–Crippen MR) is 56.0 cm³/mol. The fourth-order valence-electron chi connectivity index (χ4n) is 1.06. The summed E-state index contributed by atoms with van der Waals surface area (Å²) >= 11 is 0. The molecule has 0 aliphatic rings. The molecule has 0 fully saturated rings. The van der Waals surface area contributed by atoms with Crippen LogP contribution >= 0.6 is 0 Å². The maximum absolute atomic E-state index is 11.2. The standard InChI is InChI=1S/C9H14N2O2S.ClH/c1-11-14(12,13)7-9-4-2-8(6-10)3-5-9;/h2-5,11H,6-7,10H2,1H3;1H/p-1. The number of nitrogens with one attached hydrogen (secondary N) is 1. The quantitative estimate of drug-likeness (QED) is 0.606. The van der Waals surface area contributed by atoms with Crippen LogP contribution in [0.3, 0.4) is 0 Å². The first-order chi connectivity index (χ1) is 6.57. The minimum atomic E-state index is -3.17. The van der Waals surface area contributed by atoms with E-state index in [2.05, 4.69) is 4.72 Å². The number of hydrogen-bond acceptors (Lipinski definition) is 3. The van der Waals surface area contributed by atoms with E-state index in [-0.39, 0.29) is 18.2 Å². The molecule has 86 valence electrons. The van der Waals surface area contributed by atoms with Crippen molar-refractivity contribution in [2.75, 3.05) is 7.05 Å². The van der Waals surface area contributed by atoms with Crippen LogP contribution in [-0.4, -0.2) is 15.5 Å². The lowest BCUT2D eigenvalue weighted by Gasteiger charge is -2.03. The topological polar surface area (TPSA) is 72.2 Å². The molecule has 4 nitrogen and oxygen atoms in total. The van der Waals surface area contributed by atoms with Gasteiger partial charge < -0.3 is 18.1 Å². The van der Waals surface area contributed by atoms with Crippen LogP contribution in [0.5, 0.6) is 0 Å². The zero-order valence-electron chi connectivity index (χ0n) is 8.40. The van der Waals surface area contributed by atoms with E-state index in [1.54, 1.807) is 12.1 Å². The summed E-state index contributed by atoms with van der Waals surface area (Å²) in [5, 5.41) is 0. The third kappa shape index (κ3) is 4.61. The van der Waals surface area contributed by atoms with Crippen molar-refractivity contribution in [3.05, 3.63) is 35.4 Å². The average molecular weight is 250 g/mol. The van der Waals surface area contributed by atoms with Crippen molar-refractivity contribution in [3.8, 4) is 0 Å². The zero-order valence-corrected chi connectivity index (χ0v) is 9.98. The van der Waals surface area contributed by atoms with Gasteiger partial charge in [-0.05, 0) is 18.2 Å². The van der Waals surface area contributed by atoms with E-state index in [9.17, 15) is 8.42 Å². The summed E-state index contributed by atoms with van der Waals surface area (Å²) < 4.78 is 24.6. The number of sulfonamides is 1. The SMILES string of the molecule is CNS(=O)(=O)Cc1ccc(CN)cc1.[Cl-]. The summed E-state index contributed by atoms with van der Waals surface area (Å²) in [5.41, 5.74) is 7.18. The van der Waals surface area contributed by atoms with Gasteiger partial charge in [-0.3, -0.25) is 0 Å². The van der Waals surface area contributed by atoms with Gasteiger partial charge in [-0.2, -0.15) is 0 Å². The van der Waals surface area contributed by atoms with Crippen molar-refractivity contribution < 1.29 is 20.8 Å². The van der Waals surface area contributed by atoms with E-state index in [4.69, 9.17) is 5.73 Å². The molecule has 0 aliphatic heterocycles. The Labute approximate surface area is 96.3 Å². The smallest absolute Gasteiger partial charge is 0.215 e. The minimum Gasteiger partial charge on any atom is -1.00 e. The lowest BCUT2D eigenvalue weighted by atomic mass is 10.1. The van der Waals surface area contributed by atoms with Crippen LogP contribution in [0.1, 0.15) is 11.1 Å². The van der Waals surface area contributed by atoms with Gasteiger partial charge >= 0.3 is 0 Å². The molecule has 0 amide bonds. The first kappa shape index (κ1) is 14.4. The second kappa shape index (κ2) is 6.07. The first-order valence-electron chi connectivity index (χ1n) is 4.26. The van der Waals surface area contributed by atoms with E-state index in [1.807, 2.05) is 12.1 Å². The molecule has 0 aliphatic carbocycles. The normalized spacial score (nSPS) is 10.8. The van der Waals surface area contributed by atoms with Crippen LogP contribution < -0.4 is 22.9 Å². The maximum Gasteiger partial charge on any atom is 0.215 e. The second-order valence-corrected chi connectivity index (χ2v) is 4.91. The Morgan fingerprint density at radius 2 is 1.67 bits per heavy atom. The van der Waals surface area contributed by atoms with Crippen LogP contribution in [0.25, 0.3) is 0 Å². The molecule has 1 aromatic rings. The Balaban J connectivity index is 0.00000196. The van der Waals surface area contributed by atoms with Crippen LogP contribution in [0.4, 0.5) is 0 Å². The van der Waals surface area contributed by atoms with Gasteiger partial charge in [-0.25, -0.2) is 13.1 Å². The number of nitrogens with two attached hydrogens (primary N) is 1. The molecular formula is C9H14ClN2O2S-. The lowest BCUT2D eigenvalue weighted by Crippen LogP contribution is -3.00. The van der Waals surface area contributed by atoms with Crippen molar-refractivity contribution in [1.82, 2.24) is 4.72 Å². The molecule has 0 bridgehead atoms. The van der Waals surface area contributed by atoms with E-state index in [0.717, 1.165) is 11.1 Å². The van der Waals surface area contributed by atoms with Gasteiger partial charge in [0.15, 0.2) is 0 Å². The molecule has 15 heavy (non-hydrogen) atoms. The van der Waals surface area contributed by atoms with Gasteiger partial charge in [0.25, 0.3) is 0 Å². The highest BCUT2D eigenvalue weighted by molar-refractivity contribution is 7.88. The lowest BCUT2D eigenvalue weighted by molar-refractivity contribution is -0.00000562. The molecule has 0 saturated heterocycles. The van der Waals surface area contributed by atoms with Crippen molar-refractivity contribution >= 4 is 10.0 Å². The van der Waals surface area contributed by atoms with Gasteiger partial charge in [-0.15, -0.1) is 0 Å². The van der Waals surface area contributed by atoms with E-state index in [0.29, 0.717) is 6.54 Å². The molecule has 0 unspecified atom stereocenters. The van der Waals surface area contributed by atoms with Crippen LogP contribution in [0.15, 0.2) is 24.3 Å². The van der Waals surface area contributed by atoms with E-state index < -0.39 is 10.0 Å². The van der Waals surface area contributed by atoms with Gasteiger partial charge in [-0.1, -0.05) is 24.3 Å². The zero-order chi connectivity index (χ0) is 10.6.